The number of hydrogen-bond donors (Lipinski definition) is 4. The van der Waals surface area contributed by atoms with Gasteiger partial charge in [0.1, 0.15) is 0 Å². The Morgan fingerprint density at radius 2 is 0.786 bits per heavy atom. The van der Waals surface area contributed by atoms with Crippen LogP contribution in [0.25, 0.3) is 0 Å². The number of nitrogens with zero attached hydrogens (tertiary/aromatic N) is 2. The Bertz CT molecular complexity index is 1770. The second-order valence-electron chi connectivity index (χ2n) is 15.8. The Kier molecular flexibility index (Phi) is 15.6. The van der Waals surface area contributed by atoms with Crippen molar-refractivity contribution in [1.82, 2.24) is 31.1 Å². The molecule has 0 unspecified atom stereocenters. The second kappa shape index (κ2) is 21.6. The van der Waals surface area contributed by atoms with Gasteiger partial charge in [0.15, 0.2) is 0 Å². The first-order valence-electron chi connectivity index (χ1n) is 21.0. The maximum absolute atomic E-state index is 6.68. The van der Waals surface area contributed by atoms with E-state index < -0.39 is 0 Å². The first-order chi connectivity index (χ1) is 27.6. The van der Waals surface area contributed by atoms with Gasteiger partial charge in [-0.3, -0.25) is 9.80 Å². The molecular weight excluding hydrogens is 708 g/mol. The summed E-state index contributed by atoms with van der Waals surface area (Å²) in [4.78, 5) is 5.29. The van der Waals surface area contributed by atoms with Gasteiger partial charge in [-0.25, -0.2) is 0 Å². The van der Waals surface area contributed by atoms with Crippen LogP contribution < -0.4 is 21.3 Å². The quantitative estimate of drug-likeness (QED) is 0.125. The van der Waals surface area contributed by atoms with Crippen molar-refractivity contribution in [3.05, 3.63) is 176 Å². The Morgan fingerprint density at radius 1 is 0.429 bits per heavy atom. The molecule has 0 aliphatic carbocycles. The average molecular weight is 770 g/mol. The van der Waals surface area contributed by atoms with Gasteiger partial charge in [-0.2, -0.15) is 0 Å². The molecule has 0 saturated carbocycles. The molecule has 0 fully saturated rings. The normalized spacial score (nSPS) is 17.5. The van der Waals surface area contributed by atoms with Crippen LogP contribution in [0.1, 0.15) is 81.7 Å². The lowest BCUT2D eigenvalue weighted by atomic mass is 9.84. The molecule has 7 rings (SSSR count). The third kappa shape index (κ3) is 12.6. The Hall–Kier alpha value is -3.85. The third-order valence-electron chi connectivity index (χ3n) is 11.2. The Morgan fingerprint density at radius 3 is 1.18 bits per heavy atom. The van der Waals surface area contributed by atoms with Crippen LogP contribution in [-0.4, -0.2) is 62.2 Å². The van der Waals surface area contributed by atoms with Crippen molar-refractivity contribution in [2.45, 2.75) is 70.9 Å². The predicted molar refractivity (Wildman–Crippen MR) is 234 cm³/mol. The third-order valence-corrected chi connectivity index (χ3v) is 11.4. The molecular formula is C49H61ClN6. The van der Waals surface area contributed by atoms with E-state index in [1.165, 1.54) is 50.1 Å². The molecule has 0 radical (unpaired) electrons. The van der Waals surface area contributed by atoms with E-state index in [9.17, 15) is 0 Å². The summed E-state index contributed by atoms with van der Waals surface area (Å²) in [5.74, 6) is 0.0857. The van der Waals surface area contributed by atoms with Crippen LogP contribution >= 0.6 is 11.6 Å². The zero-order valence-corrected chi connectivity index (χ0v) is 33.9. The van der Waals surface area contributed by atoms with E-state index in [-0.39, 0.29) is 5.92 Å². The molecule has 2 aliphatic rings. The van der Waals surface area contributed by atoms with Crippen LogP contribution in [0.3, 0.4) is 0 Å². The van der Waals surface area contributed by atoms with Crippen molar-refractivity contribution in [3.63, 3.8) is 0 Å². The summed E-state index contributed by atoms with van der Waals surface area (Å²) in [6.45, 7) is 14.0. The van der Waals surface area contributed by atoms with Crippen molar-refractivity contribution in [1.29, 1.82) is 0 Å². The molecule has 294 valence electrons. The highest BCUT2D eigenvalue weighted by Crippen LogP contribution is 2.34. The van der Waals surface area contributed by atoms with Crippen LogP contribution in [0.2, 0.25) is 5.02 Å². The van der Waals surface area contributed by atoms with Gasteiger partial charge in [0.25, 0.3) is 0 Å². The molecule has 0 amide bonds. The fourth-order valence-corrected chi connectivity index (χ4v) is 8.60. The summed E-state index contributed by atoms with van der Waals surface area (Å²) in [6.07, 6.45) is 4.51. The standard InChI is InChI=1S/C49H61ClN6/c50-48-19-5-18-47(32-48)49(45-16-3-14-43(30-45)37-55-24-6-20-51-33-39-10-1-11-40(28-39)34-52-21-7-25-55)46-17-4-15-44(31-46)38-56-26-8-22-53-35-41-12-2-13-42(29-41)36-54-23-9-27-56/h1-5,10-19,28-32,49,51-54H,6-9,20-27,33-38H2. The van der Waals surface area contributed by atoms with Gasteiger partial charge in [-0.15, -0.1) is 0 Å². The van der Waals surface area contributed by atoms with Crippen molar-refractivity contribution >= 4 is 11.6 Å². The first kappa shape index (κ1) is 40.4. The van der Waals surface area contributed by atoms with Gasteiger partial charge >= 0.3 is 0 Å². The summed E-state index contributed by atoms with van der Waals surface area (Å²) in [5.41, 5.74) is 12.0. The van der Waals surface area contributed by atoms with Gasteiger partial charge in [-0.1, -0.05) is 121 Å². The second-order valence-corrected chi connectivity index (χ2v) is 16.2. The predicted octanol–water partition coefficient (Wildman–Crippen LogP) is 8.47. The molecule has 0 atom stereocenters. The Labute approximate surface area is 341 Å². The smallest absolute Gasteiger partial charge is 0.0409 e. The number of halogens is 1. The van der Waals surface area contributed by atoms with E-state index in [0.29, 0.717) is 0 Å². The average Bonchev–Trinajstić information content (AvgIpc) is 3.20. The van der Waals surface area contributed by atoms with Gasteiger partial charge < -0.3 is 21.3 Å². The van der Waals surface area contributed by atoms with E-state index in [4.69, 9.17) is 11.6 Å². The van der Waals surface area contributed by atoms with E-state index in [1.807, 2.05) is 6.07 Å². The lowest BCUT2D eigenvalue weighted by Gasteiger charge is -2.26. The zero-order chi connectivity index (χ0) is 38.2. The first-order valence-corrected chi connectivity index (χ1v) is 21.4. The van der Waals surface area contributed by atoms with Crippen molar-refractivity contribution in [2.75, 3.05) is 52.4 Å². The summed E-state index contributed by atoms with van der Waals surface area (Å²) in [5, 5.41) is 15.5. The minimum atomic E-state index is 0.0857. The van der Waals surface area contributed by atoms with E-state index in [2.05, 4.69) is 146 Å². The Balaban J connectivity index is 1.05. The molecule has 56 heavy (non-hydrogen) atoms. The maximum Gasteiger partial charge on any atom is 0.0409 e. The van der Waals surface area contributed by atoms with Crippen LogP contribution in [0, 0.1) is 0 Å². The van der Waals surface area contributed by atoms with Crippen molar-refractivity contribution in [2.24, 2.45) is 0 Å². The summed E-state index contributed by atoms with van der Waals surface area (Å²) >= 11 is 6.68. The maximum atomic E-state index is 6.68. The summed E-state index contributed by atoms with van der Waals surface area (Å²) in [6, 6.07) is 45.0. The number of nitrogens with one attached hydrogen (secondary N) is 4. The van der Waals surface area contributed by atoms with Crippen molar-refractivity contribution in [3.8, 4) is 0 Å². The molecule has 0 saturated heterocycles. The SMILES string of the molecule is Clc1cccc(C(c2cccc(CN3CCCNCc4cccc(c4)CNCCC3)c2)c2cccc(CN3CCCNCc4cccc(c4)CNCCC3)c2)c1. The van der Waals surface area contributed by atoms with Crippen LogP contribution in [0.5, 0.6) is 0 Å². The lowest BCUT2D eigenvalue weighted by Crippen LogP contribution is -2.30. The topological polar surface area (TPSA) is 54.6 Å². The van der Waals surface area contributed by atoms with Crippen LogP contribution in [0.15, 0.2) is 121 Å². The zero-order valence-electron chi connectivity index (χ0n) is 33.1. The molecule has 5 aromatic carbocycles. The molecule has 0 aromatic heterocycles. The minimum absolute atomic E-state index is 0.0857. The molecule has 6 nitrogen and oxygen atoms in total. The fraction of sp³-hybridized carbons (Fsp3) is 0.388. The van der Waals surface area contributed by atoms with Gasteiger partial charge in [0.05, 0.1) is 0 Å². The summed E-state index contributed by atoms with van der Waals surface area (Å²) in [7, 11) is 0. The monoisotopic (exact) mass is 768 g/mol. The van der Waals surface area contributed by atoms with Crippen LogP contribution in [-0.2, 0) is 39.3 Å². The largest absolute Gasteiger partial charge is 0.313 e. The highest BCUT2D eigenvalue weighted by molar-refractivity contribution is 6.30. The van der Waals surface area contributed by atoms with E-state index in [0.717, 1.165) is 122 Å². The molecule has 4 bridgehead atoms. The van der Waals surface area contributed by atoms with Crippen molar-refractivity contribution < 1.29 is 0 Å². The highest BCUT2D eigenvalue weighted by Gasteiger charge is 2.20. The number of fused-ring (bicyclic) bond motifs is 4. The molecule has 2 aliphatic heterocycles. The van der Waals surface area contributed by atoms with Gasteiger partial charge in [0, 0.05) is 50.2 Å². The summed E-state index contributed by atoms with van der Waals surface area (Å²) < 4.78 is 0. The lowest BCUT2D eigenvalue weighted by molar-refractivity contribution is 0.256. The van der Waals surface area contributed by atoms with E-state index in [1.54, 1.807) is 0 Å². The van der Waals surface area contributed by atoms with Crippen LogP contribution in [0.4, 0.5) is 0 Å². The molecule has 7 heteroatoms. The minimum Gasteiger partial charge on any atom is -0.313 e. The van der Waals surface area contributed by atoms with Gasteiger partial charge in [-0.05, 0) is 140 Å². The molecule has 5 aromatic rings. The molecule has 4 N–H and O–H groups in total. The molecule has 0 spiro atoms. The highest BCUT2D eigenvalue weighted by atomic mass is 35.5. The number of benzene rings is 5. The van der Waals surface area contributed by atoms with E-state index >= 15 is 0 Å². The molecule has 2 heterocycles. The fourth-order valence-electron chi connectivity index (χ4n) is 8.40. The van der Waals surface area contributed by atoms with Gasteiger partial charge in [0.2, 0.25) is 0 Å². The number of rotatable bonds is 7. The number of hydrogen-bond acceptors (Lipinski definition) is 6.